The molecule has 1 aromatic rings. The Balaban J connectivity index is 2.19. The predicted octanol–water partition coefficient (Wildman–Crippen LogP) is 1.79. The first kappa shape index (κ1) is 21.2. The van der Waals surface area contributed by atoms with Crippen LogP contribution in [0.3, 0.4) is 0 Å². The number of esters is 1. The summed E-state index contributed by atoms with van der Waals surface area (Å²) in [6.45, 7) is 6.24. The lowest BCUT2D eigenvalue weighted by atomic mass is 9.97. The standard InChI is InChI=1S/C19H28N2O5S/c1-13-10-14(2)18(15(3)11-13)21(27(5,24)25)12-17(22)20-8-6-16(7-9-20)19(23)26-4/h10-11,16H,6-9,12H2,1-5H3. The smallest absolute Gasteiger partial charge is 0.308 e. The number of benzene rings is 1. The zero-order chi connectivity index (χ0) is 20.4. The highest BCUT2D eigenvalue weighted by molar-refractivity contribution is 7.92. The van der Waals surface area contributed by atoms with Gasteiger partial charge in [0.2, 0.25) is 15.9 Å². The highest BCUT2D eigenvalue weighted by Crippen LogP contribution is 2.28. The van der Waals surface area contributed by atoms with Crippen molar-refractivity contribution >= 4 is 27.6 Å². The van der Waals surface area contributed by atoms with Crippen LogP contribution < -0.4 is 4.31 Å². The van der Waals surface area contributed by atoms with Crippen molar-refractivity contribution in [1.82, 2.24) is 4.90 Å². The second-order valence-electron chi connectivity index (χ2n) is 7.20. The van der Waals surface area contributed by atoms with E-state index in [1.54, 1.807) is 4.90 Å². The number of ether oxygens (including phenoxy) is 1. The molecule has 0 radical (unpaired) electrons. The Kier molecular flexibility index (Phi) is 6.51. The predicted molar refractivity (Wildman–Crippen MR) is 104 cm³/mol. The van der Waals surface area contributed by atoms with Crippen LogP contribution in [0, 0.1) is 26.7 Å². The lowest BCUT2D eigenvalue weighted by molar-refractivity contribution is -0.148. The normalized spacial score (nSPS) is 15.5. The molecule has 0 aliphatic carbocycles. The summed E-state index contributed by atoms with van der Waals surface area (Å²) in [5.41, 5.74) is 3.23. The maximum atomic E-state index is 12.8. The molecule has 27 heavy (non-hydrogen) atoms. The van der Waals surface area contributed by atoms with Crippen LogP contribution in [0.4, 0.5) is 5.69 Å². The van der Waals surface area contributed by atoms with Crippen LogP contribution in [-0.2, 0) is 24.3 Å². The van der Waals surface area contributed by atoms with E-state index in [1.165, 1.54) is 11.4 Å². The van der Waals surface area contributed by atoms with E-state index in [1.807, 2.05) is 32.9 Å². The minimum absolute atomic E-state index is 0.202. The monoisotopic (exact) mass is 396 g/mol. The number of nitrogens with zero attached hydrogens (tertiary/aromatic N) is 2. The first-order valence-corrected chi connectivity index (χ1v) is 10.8. The number of carbonyl (C=O) groups excluding carboxylic acids is 2. The van der Waals surface area contributed by atoms with E-state index in [-0.39, 0.29) is 24.3 Å². The third-order valence-corrected chi connectivity index (χ3v) is 6.06. The van der Waals surface area contributed by atoms with Crippen molar-refractivity contribution in [1.29, 1.82) is 0 Å². The number of anilines is 1. The van der Waals surface area contributed by atoms with E-state index in [2.05, 4.69) is 0 Å². The van der Waals surface area contributed by atoms with E-state index in [4.69, 9.17) is 4.74 Å². The highest BCUT2D eigenvalue weighted by atomic mass is 32.2. The quantitative estimate of drug-likeness (QED) is 0.709. The second kappa shape index (κ2) is 8.29. The molecule has 0 bridgehead atoms. The molecule has 0 atom stereocenters. The zero-order valence-corrected chi connectivity index (χ0v) is 17.4. The van der Waals surface area contributed by atoms with Crippen molar-refractivity contribution < 1.29 is 22.7 Å². The van der Waals surface area contributed by atoms with Gasteiger partial charge in [-0.15, -0.1) is 0 Å². The Bertz CT molecular complexity index is 803. The number of hydrogen-bond donors (Lipinski definition) is 0. The lowest BCUT2D eigenvalue weighted by Gasteiger charge is -2.33. The molecule has 8 heteroatoms. The maximum Gasteiger partial charge on any atom is 0.308 e. The molecule has 1 saturated heterocycles. The number of hydrogen-bond acceptors (Lipinski definition) is 5. The molecule has 7 nitrogen and oxygen atoms in total. The number of amides is 1. The molecule has 1 aromatic carbocycles. The molecule has 0 saturated carbocycles. The molecule has 1 fully saturated rings. The minimum atomic E-state index is -3.63. The fourth-order valence-corrected chi connectivity index (χ4v) is 4.65. The molecule has 0 N–H and O–H groups in total. The van der Waals surface area contributed by atoms with Crippen molar-refractivity contribution in [2.45, 2.75) is 33.6 Å². The number of carbonyl (C=O) groups is 2. The summed E-state index contributed by atoms with van der Waals surface area (Å²) in [6, 6.07) is 3.82. The molecule has 1 amide bonds. The van der Waals surface area contributed by atoms with Gasteiger partial charge in [0.15, 0.2) is 0 Å². The number of methoxy groups -OCH3 is 1. The van der Waals surface area contributed by atoms with Gasteiger partial charge in [0.25, 0.3) is 0 Å². The van der Waals surface area contributed by atoms with Crippen LogP contribution >= 0.6 is 0 Å². The van der Waals surface area contributed by atoms with E-state index in [0.717, 1.165) is 22.9 Å². The van der Waals surface area contributed by atoms with Gasteiger partial charge in [0, 0.05) is 13.1 Å². The number of likely N-dealkylation sites (tertiary alicyclic amines) is 1. The molecule has 1 aliphatic rings. The fraction of sp³-hybridized carbons (Fsp3) is 0.579. The molecule has 0 unspecified atom stereocenters. The molecular formula is C19H28N2O5S. The molecular weight excluding hydrogens is 368 g/mol. The van der Waals surface area contributed by atoms with Crippen LogP contribution in [0.1, 0.15) is 29.5 Å². The number of piperidine rings is 1. The Morgan fingerprint density at radius 3 is 2.11 bits per heavy atom. The van der Waals surface area contributed by atoms with Gasteiger partial charge >= 0.3 is 5.97 Å². The van der Waals surface area contributed by atoms with E-state index in [9.17, 15) is 18.0 Å². The third kappa shape index (κ3) is 5.00. The van der Waals surface area contributed by atoms with Gasteiger partial charge in [-0.2, -0.15) is 0 Å². The van der Waals surface area contributed by atoms with Crippen molar-refractivity contribution in [2.75, 3.05) is 37.3 Å². The van der Waals surface area contributed by atoms with Gasteiger partial charge in [-0.25, -0.2) is 8.42 Å². The summed E-state index contributed by atoms with van der Waals surface area (Å²) >= 11 is 0. The SMILES string of the molecule is COC(=O)C1CCN(C(=O)CN(c2c(C)cc(C)cc2C)S(C)(=O)=O)CC1. The Morgan fingerprint density at radius 2 is 1.67 bits per heavy atom. The van der Waals surface area contributed by atoms with Gasteiger partial charge in [0.05, 0.1) is 25.0 Å². The van der Waals surface area contributed by atoms with Crippen LogP contribution in [0.2, 0.25) is 0 Å². The molecule has 1 heterocycles. The molecule has 1 aliphatic heterocycles. The Labute approximate surface area is 161 Å². The second-order valence-corrected chi connectivity index (χ2v) is 9.10. The van der Waals surface area contributed by atoms with Crippen LogP contribution in [0.5, 0.6) is 0 Å². The van der Waals surface area contributed by atoms with Crippen LogP contribution in [0.15, 0.2) is 12.1 Å². The molecule has 0 spiro atoms. The van der Waals surface area contributed by atoms with E-state index < -0.39 is 10.0 Å². The summed E-state index contributed by atoms with van der Waals surface area (Å²) < 4.78 is 30.8. The Hall–Kier alpha value is -2.09. The average molecular weight is 397 g/mol. The summed E-state index contributed by atoms with van der Waals surface area (Å²) in [5.74, 6) is -0.722. The number of sulfonamides is 1. The first-order chi connectivity index (χ1) is 12.5. The van der Waals surface area contributed by atoms with Gasteiger partial charge in [-0.3, -0.25) is 13.9 Å². The van der Waals surface area contributed by atoms with Crippen LogP contribution in [-0.4, -0.2) is 58.2 Å². The summed E-state index contributed by atoms with van der Waals surface area (Å²) in [5, 5.41) is 0. The highest BCUT2D eigenvalue weighted by Gasteiger charge is 2.31. The summed E-state index contributed by atoms with van der Waals surface area (Å²) in [7, 11) is -2.27. The summed E-state index contributed by atoms with van der Waals surface area (Å²) in [6.07, 6.45) is 2.17. The van der Waals surface area contributed by atoms with Crippen molar-refractivity contribution in [3.05, 3.63) is 28.8 Å². The van der Waals surface area contributed by atoms with Gasteiger partial charge < -0.3 is 9.64 Å². The third-order valence-electron chi connectivity index (χ3n) is 4.95. The molecule has 150 valence electrons. The lowest BCUT2D eigenvalue weighted by Crippen LogP contribution is -2.46. The fourth-order valence-electron chi connectivity index (χ4n) is 3.68. The van der Waals surface area contributed by atoms with E-state index in [0.29, 0.717) is 31.6 Å². The maximum absolute atomic E-state index is 12.8. The largest absolute Gasteiger partial charge is 0.469 e. The molecule has 0 aromatic heterocycles. The Morgan fingerprint density at radius 1 is 1.15 bits per heavy atom. The first-order valence-electron chi connectivity index (χ1n) is 8.95. The van der Waals surface area contributed by atoms with Gasteiger partial charge in [-0.05, 0) is 44.7 Å². The number of rotatable bonds is 5. The van der Waals surface area contributed by atoms with Crippen LogP contribution in [0.25, 0.3) is 0 Å². The van der Waals surface area contributed by atoms with E-state index >= 15 is 0 Å². The average Bonchev–Trinajstić information content (AvgIpc) is 2.58. The molecule has 2 rings (SSSR count). The van der Waals surface area contributed by atoms with Gasteiger partial charge in [-0.1, -0.05) is 17.7 Å². The van der Waals surface area contributed by atoms with Gasteiger partial charge in [0.1, 0.15) is 6.54 Å². The van der Waals surface area contributed by atoms with Crippen molar-refractivity contribution in [3.63, 3.8) is 0 Å². The van der Waals surface area contributed by atoms with Crippen molar-refractivity contribution in [2.24, 2.45) is 5.92 Å². The van der Waals surface area contributed by atoms with Crippen molar-refractivity contribution in [3.8, 4) is 0 Å². The summed E-state index contributed by atoms with van der Waals surface area (Å²) in [4.78, 5) is 26.0. The topological polar surface area (TPSA) is 84.0 Å². The zero-order valence-electron chi connectivity index (χ0n) is 16.6. The minimum Gasteiger partial charge on any atom is -0.469 e. The number of aryl methyl sites for hydroxylation is 3.